The summed E-state index contributed by atoms with van der Waals surface area (Å²) in [5.74, 6) is 0.960. The van der Waals surface area contributed by atoms with E-state index in [1.807, 2.05) is 45.0 Å². The van der Waals surface area contributed by atoms with E-state index in [0.717, 1.165) is 23.9 Å². The van der Waals surface area contributed by atoms with Gasteiger partial charge in [0.15, 0.2) is 5.82 Å². The number of aromatic hydroxyl groups is 1. The molecule has 2 aromatic carbocycles. The Morgan fingerprint density at radius 2 is 2.03 bits per heavy atom. The Labute approximate surface area is 175 Å². The summed E-state index contributed by atoms with van der Waals surface area (Å²) >= 11 is 0. The Morgan fingerprint density at radius 1 is 1.23 bits per heavy atom. The molecule has 1 fully saturated rings. The summed E-state index contributed by atoms with van der Waals surface area (Å²) in [6, 6.07) is 12.7. The highest BCUT2D eigenvalue weighted by atomic mass is 16.6. The first-order chi connectivity index (χ1) is 14.4. The lowest BCUT2D eigenvalue weighted by molar-refractivity contribution is 0.120. The van der Waals surface area contributed by atoms with Gasteiger partial charge >= 0.3 is 6.09 Å². The summed E-state index contributed by atoms with van der Waals surface area (Å²) in [7, 11) is 0. The Hall–Kier alpha value is -3.19. The average Bonchev–Trinajstić information content (AvgIpc) is 3.21. The zero-order valence-corrected chi connectivity index (χ0v) is 17.4. The molecule has 2 N–H and O–H groups in total. The number of carbonyl (C=O) groups is 1. The van der Waals surface area contributed by atoms with Gasteiger partial charge in [-0.2, -0.15) is 0 Å². The van der Waals surface area contributed by atoms with Gasteiger partial charge in [0.25, 0.3) is 0 Å². The summed E-state index contributed by atoms with van der Waals surface area (Å²) in [6.07, 6.45) is 0.126. The van der Waals surface area contributed by atoms with Gasteiger partial charge in [-0.15, -0.1) is 0 Å². The van der Waals surface area contributed by atoms with E-state index in [1.54, 1.807) is 23.1 Å². The van der Waals surface area contributed by atoms with Crippen molar-refractivity contribution in [3.63, 3.8) is 0 Å². The molecule has 4 rings (SSSR count). The van der Waals surface area contributed by atoms with Crippen LogP contribution in [0.1, 0.15) is 25.8 Å². The number of nitrogens with one attached hydrogen (secondary N) is 1. The summed E-state index contributed by atoms with van der Waals surface area (Å²) in [6.45, 7) is 7.14. The number of aromatic nitrogens is 2. The fourth-order valence-corrected chi connectivity index (χ4v) is 3.72. The molecule has 1 saturated heterocycles. The fourth-order valence-electron chi connectivity index (χ4n) is 3.72. The summed E-state index contributed by atoms with van der Waals surface area (Å²) < 4.78 is 5.57. The molecule has 7 nitrogen and oxygen atoms in total. The molecule has 1 aliphatic heterocycles. The summed E-state index contributed by atoms with van der Waals surface area (Å²) in [5.41, 5.74) is 2.28. The number of benzene rings is 2. The molecule has 1 unspecified atom stereocenters. The van der Waals surface area contributed by atoms with Gasteiger partial charge in [0.1, 0.15) is 11.6 Å². The second-order valence-corrected chi connectivity index (χ2v) is 7.86. The van der Waals surface area contributed by atoms with E-state index >= 15 is 0 Å². The number of anilines is 1. The lowest BCUT2D eigenvalue weighted by Gasteiger charge is -2.29. The lowest BCUT2D eigenvalue weighted by Crippen LogP contribution is -2.43. The van der Waals surface area contributed by atoms with E-state index in [4.69, 9.17) is 14.7 Å². The second kappa shape index (κ2) is 8.28. The number of phenols is 1. The van der Waals surface area contributed by atoms with E-state index in [1.165, 1.54) is 0 Å². The molecule has 0 spiro atoms. The van der Waals surface area contributed by atoms with E-state index in [-0.39, 0.29) is 17.9 Å². The maximum absolute atomic E-state index is 13.1. The smallest absolute Gasteiger partial charge is 0.416 e. The number of aryl methyl sites for hydroxylation is 1. The number of fused-ring (bicyclic) bond motifs is 1. The average molecular weight is 406 g/mol. The van der Waals surface area contributed by atoms with Gasteiger partial charge in [-0.05, 0) is 63.6 Å². The molecule has 7 heteroatoms. The van der Waals surface area contributed by atoms with E-state index < -0.39 is 6.09 Å². The summed E-state index contributed by atoms with van der Waals surface area (Å²) in [5, 5.41) is 14.4. The van der Waals surface area contributed by atoms with Crippen molar-refractivity contribution in [1.82, 2.24) is 15.3 Å². The van der Waals surface area contributed by atoms with Crippen LogP contribution in [-0.2, 0) is 4.74 Å². The highest BCUT2D eigenvalue weighted by Gasteiger charge is 2.32. The minimum atomic E-state index is -0.428. The second-order valence-electron chi connectivity index (χ2n) is 7.86. The first-order valence-corrected chi connectivity index (χ1v) is 10.2. The molecule has 30 heavy (non-hydrogen) atoms. The number of ether oxygens (including phenoxy) is 1. The van der Waals surface area contributed by atoms with Crippen LogP contribution in [0.3, 0.4) is 0 Å². The monoisotopic (exact) mass is 406 g/mol. The predicted molar refractivity (Wildman–Crippen MR) is 117 cm³/mol. The van der Waals surface area contributed by atoms with E-state index in [9.17, 15) is 9.90 Å². The van der Waals surface area contributed by atoms with Crippen LogP contribution in [0.4, 0.5) is 10.6 Å². The predicted octanol–water partition coefficient (Wildman–Crippen LogP) is 4.02. The number of phenolic OH excluding ortho intramolecular Hbond substituents is 1. The van der Waals surface area contributed by atoms with Crippen molar-refractivity contribution in [1.29, 1.82) is 0 Å². The molecule has 0 bridgehead atoms. The van der Waals surface area contributed by atoms with Crippen LogP contribution in [0.25, 0.3) is 22.3 Å². The van der Waals surface area contributed by atoms with Crippen LogP contribution in [0.15, 0.2) is 42.5 Å². The van der Waals surface area contributed by atoms with Crippen molar-refractivity contribution in [2.45, 2.75) is 39.3 Å². The molecule has 1 aromatic heterocycles. The Balaban J connectivity index is 1.94. The zero-order valence-electron chi connectivity index (χ0n) is 17.4. The number of rotatable bonds is 4. The molecule has 1 aliphatic rings. The minimum absolute atomic E-state index is 0.0760. The van der Waals surface area contributed by atoms with Crippen LogP contribution >= 0.6 is 0 Å². The first kappa shape index (κ1) is 20.1. The van der Waals surface area contributed by atoms with Gasteiger partial charge in [-0.1, -0.05) is 18.2 Å². The maximum atomic E-state index is 13.1. The zero-order chi connectivity index (χ0) is 21.3. The molecule has 3 aromatic rings. The number of carbonyl (C=O) groups excluding carboxylic acids is 1. The van der Waals surface area contributed by atoms with E-state index in [0.29, 0.717) is 29.3 Å². The highest BCUT2D eigenvalue weighted by Crippen LogP contribution is 2.33. The number of nitrogens with zero attached hydrogens (tertiary/aromatic N) is 3. The van der Waals surface area contributed by atoms with Crippen molar-refractivity contribution >= 4 is 22.8 Å². The van der Waals surface area contributed by atoms with Crippen LogP contribution in [0.5, 0.6) is 5.75 Å². The van der Waals surface area contributed by atoms with Gasteiger partial charge in [0, 0.05) is 11.9 Å². The van der Waals surface area contributed by atoms with Gasteiger partial charge in [-0.3, -0.25) is 4.90 Å². The lowest BCUT2D eigenvalue weighted by atomic mass is 10.1. The highest BCUT2D eigenvalue weighted by molar-refractivity contribution is 6.00. The van der Waals surface area contributed by atoms with Crippen LogP contribution < -0.4 is 10.2 Å². The number of amides is 1. The molecule has 0 radical (unpaired) electrons. The van der Waals surface area contributed by atoms with Crippen molar-refractivity contribution in [2.24, 2.45) is 0 Å². The third-order valence-corrected chi connectivity index (χ3v) is 5.14. The summed E-state index contributed by atoms with van der Waals surface area (Å²) in [4.78, 5) is 24.2. The standard InChI is InChI=1S/C23H26N4O3/c1-14(2)30-23(29)27(16-10-11-24-13-16)22-17-9-8-15(3)12-19(17)25-21(26-22)18-6-4-5-7-20(18)28/h4-9,12,14,16,24,28H,10-11,13H2,1-3H3. The van der Waals surface area contributed by atoms with Gasteiger partial charge in [0.2, 0.25) is 0 Å². The quantitative estimate of drug-likeness (QED) is 0.680. The van der Waals surface area contributed by atoms with Crippen molar-refractivity contribution < 1.29 is 14.6 Å². The van der Waals surface area contributed by atoms with Crippen molar-refractivity contribution in [2.75, 3.05) is 18.0 Å². The maximum Gasteiger partial charge on any atom is 0.416 e. The number of hydrogen-bond acceptors (Lipinski definition) is 6. The third kappa shape index (κ3) is 3.93. The van der Waals surface area contributed by atoms with Gasteiger partial charge in [0.05, 0.1) is 23.2 Å². The fraction of sp³-hybridized carbons (Fsp3) is 0.348. The molecule has 0 saturated carbocycles. The molecule has 2 heterocycles. The molecular formula is C23H26N4O3. The normalized spacial score (nSPS) is 16.2. The molecule has 1 amide bonds. The topological polar surface area (TPSA) is 87.6 Å². The van der Waals surface area contributed by atoms with Crippen molar-refractivity contribution in [3.8, 4) is 17.1 Å². The number of para-hydroxylation sites is 1. The third-order valence-electron chi connectivity index (χ3n) is 5.14. The number of hydrogen-bond donors (Lipinski definition) is 2. The first-order valence-electron chi connectivity index (χ1n) is 10.2. The molecule has 0 aliphatic carbocycles. The Bertz CT molecular complexity index is 1080. The Morgan fingerprint density at radius 3 is 2.73 bits per heavy atom. The molecule has 156 valence electrons. The van der Waals surface area contributed by atoms with Crippen LogP contribution in [-0.4, -0.2) is 46.4 Å². The Kier molecular flexibility index (Phi) is 5.55. The molecular weight excluding hydrogens is 380 g/mol. The van der Waals surface area contributed by atoms with Crippen LogP contribution in [0, 0.1) is 6.92 Å². The van der Waals surface area contributed by atoms with Crippen molar-refractivity contribution in [3.05, 3.63) is 48.0 Å². The van der Waals surface area contributed by atoms with E-state index in [2.05, 4.69) is 5.32 Å². The van der Waals surface area contributed by atoms with Crippen LogP contribution in [0.2, 0.25) is 0 Å². The van der Waals surface area contributed by atoms with Gasteiger partial charge < -0.3 is 15.2 Å². The SMILES string of the molecule is Cc1ccc2c(N(C(=O)OC(C)C)C3CCNC3)nc(-c3ccccc3O)nc2c1. The van der Waals surface area contributed by atoms with Gasteiger partial charge in [-0.25, -0.2) is 14.8 Å². The molecule has 1 atom stereocenters. The minimum Gasteiger partial charge on any atom is -0.507 e. The largest absolute Gasteiger partial charge is 0.507 e.